The topological polar surface area (TPSA) is 64.8 Å². The van der Waals surface area contributed by atoms with Gasteiger partial charge in [0, 0.05) is 18.7 Å². The Morgan fingerprint density at radius 1 is 1.62 bits per heavy atom. The Kier molecular flexibility index (Phi) is 5.08. The van der Waals surface area contributed by atoms with Gasteiger partial charge in [0.2, 0.25) is 0 Å². The van der Waals surface area contributed by atoms with Crippen LogP contribution >= 0.6 is 12.2 Å². The minimum Gasteiger partial charge on any atom is -0.469 e. The molecule has 1 unspecified atom stereocenters. The van der Waals surface area contributed by atoms with E-state index in [1.165, 1.54) is 13.2 Å². The van der Waals surface area contributed by atoms with Crippen LogP contribution < -0.4 is 10.6 Å². The Morgan fingerprint density at radius 2 is 2.38 bits per heavy atom. The highest BCUT2D eigenvalue weighted by molar-refractivity contribution is 7.80. The second-order valence-corrected chi connectivity index (χ2v) is 5.19. The van der Waals surface area contributed by atoms with E-state index >= 15 is 0 Å². The van der Waals surface area contributed by atoms with Crippen LogP contribution in [0.15, 0.2) is 18.2 Å². The quantitative estimate of drug-likeness (QED) is 0.666. The number of methoxy groups -OCH3 is 1. The number of hydrogen-bond donors (Lipinski definition) is 1. The van der Waals surface area contributed by atoms with Gasteiger partial charge in [0.15, 0.2) is 0 Å². The van der Waals surface area contributed by atoms with Crippen molar-refractivity contribution < 1.29 is 18.7 Å². The van der Waals surface area contributed by atoms with Gasteiger partial charge in [-0.15, -0.1) is 0 Å². The van der Waals surface area contributed by atoms with E-state index in [-0.39, 0.29) is 29.3 Å². The molecule has 1 aliphatic heterocycles. The summed E-state index contributed by atoms with van der Waals surface area (Å²) in [6.07, 6.45) is -0.152. The molecule has 1 fully saturated rings. The van der Waals surface area contributed by atoms with Crippen molar-refractivity contribution in [2.24, 2.45) is 5.73 Å². The van der Waals surface area contributed by atoms with E-state index in [0.29, 0.717) is 30.9 Å². The summed E-state index contributed by atoms with van der Waals surface area (Å²) < 4.78 is 24.3. The summed E-state index contributed by atoms with van der Waals surface area (Å²) in [6.45, 7) is 1.41. The number of carbonyl (C=O) groups excluding carboxylic acids is 1. The first-order valence-electron chi connectivity index (χ1n) is 6.54. The zero-order chi connectivity index (χ0) is 15.4. The van der Waals surface area contributed by atoms with Crippen molar-refractivity contribution in [2.45, 2.75) is 12.5 Å². The maximum atomic E-state index is 14.2. The Morgan fingerprint density at radius 3 is 3.00 bits per heavy atom. The van der Waals surface area contributed by atoms with E-state index in [9.17, 15) is 9.18 Å². The summed E-state index contributed by atoms with van der Waals surface area (Å²) in [6, 6.07) is 4.65. The molecular formula is C14H17FN2O3S. The van der Waals surface area contributed by atoms with E-state index in [1.54, 1.807) is 12.1 Å². The molecule has 1 saturated heterocycles. The zero-order valence-electron chi connectivity index (χ0n) is 11.7. The monoisotopic (exact) mass is 312 g/mol. The fourth-order valence-electron chi connectivity index (χ4n) is 2.25. The molecule has 2 rings (SSSR count). The van der Waals surface area contributed by atoms with Crippen LogP contribution in [0.1, 0.15) is 12.0 Å². The predicted molar refractivity (Wildman–Crippen MR) is 80.9 cm³/mol. The van der Waals surface area contributed by atoms with Gasteiger partial charge in [-0.25, -0.2) is 4.39 Å². The van der Waals surface area contributed by atoms with Crippen LogP contribution in [0.3, 0.4) is 0 Å². The third-order valence-corrected chi connectivity index (χ3v) is 3.57. The summed E-state index contributed by atoms with van der Waals surface area (Å²) >= 11 is 4.83. The van der Waals surface area contributed by atoms with Crippen LogP contribution in [0.5, 0.6) is 0 Å². The van der Waals surface area contributed by atoms with E-state index in [2.05, 4.69) is 4.74 Å². The molecule has 0 saturated carbocycles. The van der Waals surface area contributed by atoms with E-state index < -0.39 is 0 Å². The van der Waals surface area contributed by atoms with Crippen molar-refractivity contribution in [3.8, 4) is 0 Å². The summed E-state index contributed by atoms with van der Waals surface area (Å²) in [4.78, 5) is 13.3. The molecule has 2 N–H and O–H groups in total. The van der Waals surface area contributed by atoms with E-state index in [1.807, 2.05) is 4.90 Å². The second kappa shape index (κ2) is 6.82. The number of carbonyl (C=O) groups is 1. The molecule has 114 valence electrons. The second-order valence-electron chi connectivity index (χ2n) is 4.75. The Hall–Kier alpha value is -1.73. The first-order valence-corrected chi connectivity index (χ1v) is 6.95. The number of hydrogen-bond acceptors (Lipinski definition) is 5. The van der Waals surface area contributed by atoms with Gasteiger partial charge in [-0.05, 0) is 18.2 Å². The summed E-state index contributed by atoms with van der Waals surface area (Å²) in [7, 11) is 1.33. The molecule has 0 radical (unpaired) electrons. The molecule has 1 aromatic rings. The first-order chi connectivity index (χ1) is 10.0. The van der Waals surface area contributed by atoms with Gasteiger partial charge in [-0.2, -0.15) is 0 Å². The lowest BCUT2D eigenvalue weighted by Crippen LogP contribution is -2.43. The Bertz CT molecular complexity index is 553. The molecule has 1 heterocycles. The van der Waals surface area contributed by atoms with E-state index in [0.717, 1.165) is 0 Å². The van der Waals surface area contributed by atoms with Crippen LogP contribution in [0.2, 0.25) is 0 Å². The number of nitrogens with zero attached hydrogens (tertiary/aromatic N) is 1. The first kappa shape index (κ1) is 15.7. The lowest BCUT2D eigenvalue weighted by molar-refractivity contribution is -0.144. The molecule has 0 spiro atoms. The predicted octanol–water partition coefficient (Wildman–Crippen LogP) is 1.23. The highest BCUT2D eigenvalue weighted by Gasteiger charge is 2.25. The summed E-state index contributed by atoms with van der Waals surface area (Å²) in [5, 5.41) is 0. The fraction of sp³-hybridized carbons (Fsp3) is 0.429. The number of esters is 1. The number of benzene rings is 1. The van der Waals surface area contributed by atoms with Gasteiger partial charge in [0.1, 0.15) is 10.8 Å². The third-order valence-electron chi connectivity index (χ3n) is 3.33. The van der Waals surface area contributed by atoms with E-state index in [4.69, 9.17) is 22.7 Å². The third kappa shape index (κ3) is 3.89. The summed E-state index contributed by atoms with van der Waals surface area (Å²) in [5.41, 5.74) is 6.43. The number of anilines is 1. The zero-order valence-corrected chi connectivity index (χ0v) is 12.5. The molecule has 1 atom stereocenters. The van der Waals surface area contributed by atoms with Gasteiger partial charge < -0.3 is 20.1 Å². The maximum Gasteiger partial charge on any atom is 0.308 e. The number of thiocarbonyl (C=S) groups is 1. The number of morpholine rings is 1. The Labute approximate surface area is 127 Å². The smallest absolute Gasteiger partial charge is 0.308 e. The van der Waals surface area contributed by atoms with Gasteiger partial charge in [0.25, 0.3) is 0 Å². The molecular weight excluding hydrogens is 295 g/mol. The number of halogens is 1. The molecule has 0 amide bonds. The van der Waals surface area contributed by atoms with Crippen LogP contribution in [-0.2, 0) is 14.3 Å². The van der Waals surface area contributed by atoms with Crippen LogP contribution in [0.25, 0.3) is 0 Å². The van der Waals surface area contributed by atoms with Gasteiger partial charge >= 0.3 is 5.97 Å². The standard InChI is InChI=1S/C14H17FN2O3S/c1-19-13(18)7-10-8-17(4-5-20-10)12-3-2-9(14(16)21)6-11(12)15/h2-3,6,10H,4-5,7-8H2,1H3,(H2,16,21). The minimum absolute atomic E-state index is 0.152. The van der Waals surface area contributed by atoms with Gasteiger partial charge in [-0.1, -0.05) is 12.2 Å². The largest absolute Gasteiger partial charge is 0.469 e. The Balaban J connectivity index is 2.10. The molecule has 1 aliphatic rings. The van der Waals surface area contributed by atoms with Crippen molar-refractivity contribution in [3.63, 3.8) is 0 Å². The maximum absolute atomic E-state index is 14.2. The molecule has 21 heavy (non-hydrogen) atoms. The number of rotatable bonds is 4. The molecule has 7 heteroatoms. The van der Waals surface area contributed by atoms with Gasteiger partial charge in [-0.3, -0.25) is 4.79 Å². The van der Waals surface area contributed by atoms with Crippen molar-refractivity contribution in [3.05, 3.63) is 29.6 Å². The average molecular weight is 312 g/mol. The van der Waals surface area contributed by atoms with Crippen molar-refractivity contribution in [1.82, 2.24) is 0 Å². The fourth-order valence-corrected chi connectivity index (χ4v) is 2.37. The minimum atomic E-state index is -0.390. The summed E-state index contributed by atoms with van der Waals surface area (Å²) in [5.74, 6) is -0.731. The van der Waals surface area contributed by atoms with Crippen molar-refractivity contribution in [1.29, 1.82) is 0 Å². The molecule has 0 aliphatic carbocycles. The van der Waals surface area contributed by atoms with Crippen molar-refractivity contribution in [2.75, 3.05) is 31.7 Å². The lowest BCUT2D eigenvalue weighted by Gasteiger charge is -2.34. The normalized spacial score (nSPS) is 18.4. The molecule has 5 nitrogen and oxygen atoms in total. The highest BCUT2D eigenvalue weighted by atomic mass is 32.1. The van der Waals surface area contributed by atoms with Gasteiger partial charge in [0.05, 0.1) is 31.9 Å². The average Bonchev–Trinajstić information content (AvgIpc) is 2.47. The lowest BCUT2D eigenvalue weighted by atomic mass is 10.1. The van der Waals surface area contributed by atoms with Crippen LogP contribution in [-0.4, -0.2) is 43.9 Å². The molecule has 1 aromatic carbocycles. The van der Waals surface area contributed by atoms with Crippen LogP contribution in [0, 0.1) is 5.82 Å². The van der Waals surface area contributed by atoms with Crippen LogP contribution in [0.4, 0.5) is 10.1 Å². The highest BCUT2D eigenvalue weighted by Crippen LogP contribution is 2.23. The SMILES string of the molecule is COC(=O)CC1CN(c2ccc(C(N)=S)cc2F)CCO1. The molecule has 0 aromatic heterocycles. The number of nitrogens with two attached hydrogens (primary N) is 1. The number of ether oxygens (including phenoxy) is 2. The van der Waals surface area contributed by atoms with Crippen molar-refractivity contribution >= 4 is 28.9 Å². The molecule has 0 bridgehead atoms.